The van der Waals surface area contributed by atoms with Gasteiger partial charge in [-0.05, 0) is 42.8 Å². The molecule has 0 unspecified atom stereocenters. The quantitative estimate of drug-likeness (QED) is 0.511. The molecule has 1 heterocycles. The lowest BCUT2D eigenvalue weighted by Crippen LogP contribution is -2.24. The Labute approximate surface area is 181 Å². The number of carbonyl (C=O) groups excluding carboxylic acids is 2. The Morgan fingerprint density at radius 1 is 1.30 bits per heavy atom. The van der Waals surface area contributed by atoms with E-state index in [1.165, 1.54) is 36.4 Å². The van der Waals surface area contributed by atoms with Gasteiger partial charge in [0.2, 0.25) is 0 Å². The van der Waals surface area contributed by atoms with Gasteiger partial charge in [0.05, 0.1) is 22.3 Å². The number of aryl methyl sites for hydroxylation is 1. The number of carbonyl (C=O) groups is 2. The summed E-state index contributed by atoms with van der Waals surface area (Å²) in [5.41, 5.74) is 1.44. The van der Waals surface area contributed by atoms with Gasteiger partial charge < -0.3 is 15.0 Å². The first-order chi connectivity index (χ1) is 14.3. The number of amides is 1. The van der Waals surface area contributed by atoms with Gasteiger partial charge in [0.1, 0.15) is 11.4 Å². The zero-order valence-corrected chi connectivity index (χ0v) is 17.1. The average molecular weight is 446 g/mol. The summed E-state index contributed by atoms with van der Waals surface area (Å²) in [6.07, 6.45) is 0.597. The van der Waals surface area contributed by atoms with Crippen LogP contribution in [0.25, 0.3) is 0 Å². The van der Waals surface area contributed by atoms with Gasteiger partial charge in [-0.1, -0.05) is 29.3 Å². The molecule has 0 fully saturated rings. The molecule has 0 saturated carbocycles. The summed E-state index contributed by atoms with van der Waals surface area (Å²) < 4.78 is 20.5. The van der Waals surface area contributed by atoms with Crippen molar-refractivity contribution in [3.05, 3.63) is 80.3 Å². The maximum Gasteiger partial charge on any atom is 0.268 e. The minimum atomic E-state index is -0.766. The fraction of sp³-hybridized carbons (Fsp3) is 0.0952. The lowest BCUT2D eigenvalue weighted by atomic mass is 10.2. The molecule has 30 heavy (non-hydrogen) atoms. The van der Waals surface area contributed by atoms with Crippen molar-refractivity contribution in [3.8, 4) is 17.6 Å². The van der Waals surface area contributed by atoms with E-state index >= 15 is 0 Å². The largest absolute Gasteiger partial charge is 0.453 e. The van der Waals surface area contributed by atoms with Crippen LogP contribution in [0.3, 0.4) is 0 Å². The molecule has 0 aliphatic rings. The average Bonchev–Trinajstić information content (AvgIpc) is 3.10. The predicted molar refractivity (Wildman–Crippen MR) is 110 cm³/mol. The number of ether oxygens (including phenoxy) is 1. The van der Waals surface area contributed by atoms with E-state index in [-0.39, 0.29) is 50.6 Å². The van der Waals surface area contributed by atoms with Gasteiger partial charge in [-0.25, -0.2) is 4.39 Å². The molecular formula is C21H14Cl2FN3O3. The van der Waals surface area contributed by atoms with Gasteiger partial charge in [-0.3, -0.25) is 9.59 Å². The molecule has 2 aromatic carbocycles. The molecule has 3 rings (SSSR count). The Morgan fingerprint density at radius 2 is 2.07 bits per heavy atom. The normalized spacial score (nSPS) is 10.4. The van der Waals surface area contributed by atoms with Crippen LogP contribution in [0.5, 0.6) is 11.5 Å². The molecule has 2 N–H and O–H groups in total. The van der Waals surface area contributed by atoms with Crippen LogP contribution in [0.2, 0.25) is 10.0 Å². The highest BCUT2D eigenvalue weighted by Crippen LogP contribution is 2.35. The second-order valence-electron chi connectivity index (χ2n) is 6.32. The smallest absolute Gasteiger partial charge is 0.268 e. The second-order valence-corrected chi connectivity index (χ2v) is 7.17. The van der Waals surface area contributed by atoms with Crippen LogP contribution in [-0.4, -0.2) is 17.2 Å². The molecule has 9 heteroatoms. The van der Waals surface area contributed by atoms with Crippen molar-refractivity contribution in [3.63, 3.8) is 0 Å². The third kappa shape index (κ3) is 4.62. The molecule has 0 aliphatic heterocycles. The fourth-order valence-corrected chi connectivity index (χ4v) is 3.16. The number of rotatable bonds is 6. The van der Waals surface area contributed by atoms with Gasteiger partial charge in [-0.15, -0.1) is 0 Å². The van der Waals surface area contributed by atoms with Gasteiger partial charge >= 0.3 is 0 Å². The number of aromatic amines is 1. The van der Waals surface area contributed by atoms with E-state index in [1.807, 2.05) is 6.07 Å². The second kappa shape index (κ2) is 8.99. The number of aldehydes is 1. The zero-order valence-electron chi connectivity index (χ0n) is 15.6. The summed E-state index contributed by atoms with van der Waals surface area (Å²) in [4.78, 5) is 25.9. The maximum atomic E-state index is 15.0. The Hall–Kier alpha value is -3.34. The third-order valence-corrected chi connectivity index (χ3v) is 4.69. The lowest BCUT2D eigenvalue weighted by molar-refractivity contribution is 0.0945. The van der Waals surface area contributed by atoms with Crippen LogP contribution in [0.4, 0.5) is 4.39 Å². The minimum absolute atomic E-state index is 0.0110. The van der Waals surface area contributed by atoms with Crippen LogP contribution in [0, 0.1) is 24.1 Å². The van der Waals surface area contributed by atoms with Crippen LogP contribution in [0.15, 0.2) is 36.4 Å². The van der Waals surface area contributed by atoms with E-state index in [2.05, 4.69) is 10.3 Å². The topological polar surface area (TPSA) is 95.0 Å². The Bertz CT molecular complexity index is 1180. The molecular weight excluding hydrogens is 432 g/mol. The van der Waals surface area contributed by atoms with E-state index in [0.717, 1.165) is 0 Å². The Morgan fingerprint density at radius 3 is 2.73 bits per heavy atom. The highest BCUT2D eigenvalue weighted by atomic mass is 35.5. The first-order valence-electron chi connectivity index (χ1n) is 8.60. The van der Waals surface area contributed by atoms with Crippen LogP contribution < -0.4 is 10.1 Å². The summed E-state index contributed by atoms with van der Waals surface area (Å²) in [5, 5.41) is 11.9. The SMILES string of the molecule is Cc1cc(C=O)[nH]c1C(=O)NCc1ccc(Cl)c(Oc2cc(Cl)cc(C#N)c2)c1F. The molecule has 0 aliphatic carbocycles. The first-order valence-corrected chi connectivity index (χ1v) is 9.36. The summed E-state index contributed by atoms with van der Waals surface area (Å²) >= 11 is 12.0. The van der Waals surface area contributed by atoms with Gasteiger partial charge in [-0.2, -0.15) is 5.26 Å². The van der Waals surface area contributed by atoms with Crippen molar-refractivity contribution < 1.29 is 18.7 Å². The van der Waals surface area contributed by atoms with E-state index in [9.17, 15) is 14.0 Å². The molecule has 1 amide bonds. The van der Waals surface area contributed by atoms with Crippen LogP contribution >= 0.6 is 23.2 Å². The highest BCUT2D eigenvalue weighted by Gasteiger charge is 2.18. The lowest BCUT2D eigenvalue weighted by Gasteiger charge is -2.13. The number of hydrogen-bond donors (Lipinski definition) is 2. The molecule has 3 aromatic rings. The molecule has 152 valence electrons. The maximum absolute atomic E-state index is 15.0. The molecule has 0 spiro atoms. The van der Waals surface area contributed by atoms with Crippen molar-refractivity contribution in [2.24, 2.45) is 0 Å². The first kappa shape index (κ1) is 21.4. The molecule has 0 radical (unpaired) electrons. The summed E-state index contributed by atoms with van der Waals surface area (Å²) in [7, 11) is 0. The van der Waals surface area contributed by atoms with Crippen molar-refractivity contribution in [1.29, 1.82) is 5.26 Å². The number of nitrogens with zero attached hydrogens (tertiary/aromatic N) is 1. The number of hydrogen-bond acceptors (Lipinski definition) is 4. The minimum Gasteiger partial charge on any atom is -0.453 e. The van der Waals surface area contributed by atoms with Crippen molar-refractivity contribution in [2.45, 2.75) is 13.5 Å². The Balaban J connectivity index is 1.81. The zero-order chi connectivity index (χ0) is 21.8. The van der Waals surface area contributed by atoms with Crippen molar-refractivity contribution in [1.82, 2.24) is 10.3 Å². The van der Waals surface area contributed by atoms with E-state index < -0.39 is 11.7 Å². The fourth-order valence-electron chi connectivity index (χ4n) is 2.76. The van der Waals surface area contributed by atoms with E-state index in [1.54, 1.807) is 6.92 Å². The number of nitrogens with one attached hydrogen (secondary N) is 2. The molecule has 0 saturated heterocycles. The Kier molecular flexibility index (Phi) is 6.40. The van der Waals surface area contributed by atoms with E-state index in [4.69, 9.17) is 33.2 Å². The van der Waals surface area contributed by atoms with Gasteiger partial charge in [0.25, 0.3) is 5.91 Å². The summed E-state index contributed by atoms with van der Waals surface area (Å²) in [5.74, 6) is -1.37. The highest BCUT2D eigenvalue weighted by molar-refractivity contribution is 6.32. The standard InChI is InChI=1S/C21H14Cl2FN3O3/c1-11-4-15(10-28)27-19(11)21(29)26-9-13-2-3-17(23)20(18(13)24)30-16-6-12(8-25)5-14(22)7-16/h2-7,10,27H,9H2,1H3,(H,26,29). The summed E-state index contributed by atoms with van der Waals surface area (Å²) in [6, 6.07) is 10.6. The molecule has 0 atom stereocenters. The molecule has 6 nitrogen and oxygen atoms in total. The number of H-pyrrole nitrogens is 1. The van der Waals surface area contributed by atoms with Crippen LogP contribution in [-0.2, 0) is 6.54 Å². The van der Waals surface area contributed by atoms with Gasteiger partial charge in [0, 0.05) is 17.1 Å². The summed E-state index contributed by atoms with van der Waals surface area (Å²) in [6.45, 7) is 1.53. The van der Waals surface area contributed by atoms with Crippen LogP contribution in [0.1, 0.15) is 37.7 Å². The van der Waals surface area contributed by atoms with E-state index in [0.29, 0.717) is 11.8 Å². The number of halogens is 3. The van der Waals surface area contributed by atoms with Gasteiger partial charge in [0.15, 0.2) is 17.9 Å². The number of benzene rings is 2. The van der Waals surface area contributed by atoms with Crippen molar-refractivity contribution in [2.75, 3.05) is 0 Å². The molecule has 0 bridgehead atoms. The number of nitriles is 1. The number of aromatic nitrogens is 1. The molecule has 1 aromatic heterocycles. The monoisotopic (exact) mass is 445 g/mol. The van der Waals surface area contributed by atoms with Crippen molar-refractivity contribution >= 4 is 35.4 Å². The predicted octanol–water partition coefficient (Wildman–Crippen LogP) is 5.18. The third-order valence-electron chi connectivity index (χ3n) is 4.18.